The summed E-state index contributed by atoms with van der Waals surface area (Å²) in [5.41, 5.74) is 0.730. The van der Waals surface area contributed by atoms with Crippen LogP contribution in [0, 0.1) is 10.8 Å². The molecule has 1 saturated carbocycles. The standard InChI is InChI=1S/C14H26N2O/c1-5-6-15-12(17)16-10-14(4)8-11(16)7-13(2,3)9-14/h11H,5-10H2,1-4H3,(H,15,17). The van der Waals surface area contributed by atoms with E-state index in [1.165, 1.54) is 12.8 Å². The Morgan fingerprint density at radius 2 is 2.06 bits per heavy atom. The third-order valence-corrected chi connectivity index (χ3v) is 4.20. The van der Waals surface area contributed by atoms with Gasteiger partial charge in [-0.05, 0) is 36.5 Å². The molecule has 3 nitrogen and oxygen atoms in total. The molecule has 2 rings (SSSR count). The summed E-state index contributed by atoms with van der Waals surface area (Å²) < 4.78 is 0. The number of urea groups is 1. The van der Waals surface area contributed by atoms with E-state index in [0.29, 0.717) is 16.9 Å². The number of amides is 2. The second kappa shape index (κ2) is 4.18. The molecule has 3 heteroatoms. The summed E-state index contributed by atoms with van der Waals surface area (Å²) in [7, 11) is 0. The molecule has 0 aromatic carbocycles. The zero-order valence-corrected chi connectivity index (χ0v) is 11.7. The molecule has 17 heavy (non-hydrogen) atoms. The average Bonchev–Trinajstić information content (AvgIpc) is 2.44. The van der Waals surface area contributed by atoms with E-state index in [1.807, 2.05) is 0 Å². The van der Waals surface area contributed by atoms with Crippen LogP contribution in [0.5, 0.6) is 0 Å². The Morgan fingerprint density at radius 3 is 2.71 bits per heavy atom. The van der Waals surface area contributed by atoms with E-state index < -0.39 is 0 Å². The Kier molecular flexibility index (Phi) is 3.13. The van der Waals surface area contributed by atoms with Gasteiger partial charge in [-0.1, -0.05) is 27.7 Å². The van der Waals surface area contributed by atoms with Crippen molar-refractivity contribution in [2.75, 3.05) is 13.1 Å². The van der Waals surface area contributed by atoms with Gasteiger partial charge in [0.1, 0.15) is 0 Å². The minimum Gasteiger partial charge on any atom is -0.338 e. The molecule has 0 aromatic heterocycles. The van der Waals surface area contributed by atoms with Crippen LogP contribution in [0.2, 0.25) is 0 Å². The van der Waals surface area contributed by atoms with Gasteiger partial charge < -0.3 is 10.2 Å². The first-order valence-electron chi connectivity index (χ1n) is 6.90. The van der Waals surface area contributed by atoms with Crippen molar-refractivity contribution >= 4 is 6.03 Å². The number of nitrogens with one attached hydrogen (secondary N) is 1. The van der Waals surface area contributed by atoms with Gasteiger partial charge in [0.2, 0.25) is 0 Å². The molecule has 2 fully saturated rings. The average molecular weight is 238 g/mol. The van der Waals surface area contributed by atoms with Crippen LogP contribution in [-0.4, -0.2) is 30.1 Å². The zero-order chi connectivity index (χ0) is 12.7. The molecular formula is C14H26N2O. The Labute approximate surface area is 105 Å². The van der Waals surface area contributed by atoms with Crippen LogP contribution in [0.4, 0.5) is 4.79 Å². The minimum atomic E-state index is 0.151. The molecule has 98 valence electrons. The summed E-state index contributed by atoms with van der Waals surface area (Å²) in [5, 5.41) is 3.02. The lowest BCUT2D eigenvalue weighted by Crippen LogP contribution is -2.43. The van der Waals surface area contributed by atoms with Crippen molar-refractivity contribution in [2.45, 2.75) is 59.4 Å². The molecule has 0 radical (unpaired) electrons. The molecule has 1 N–H and O–H groups in total. The first-order valence-corrected chi connectivity index (χ1v) is 6.90. The number of likely N-dealkylation sites (tertiary alicyclic amines) is 1. The van der Waals surface area contributed by atoms with Gasteiger partial charge in [0.15, 0.2) is 0 Å². The van der Waals surface area contributed by atoms with Crippen molar-refractivity contribution in [1.82, 2.24) is 10.2 Å². The van der Waals surface area contributed by atoms with Gasteiger partial charge in [-0.3, -0.25) is 0 Å². The molecule has 0 spiro atoms. The Morgan fingerprint density at radius 1 is 1.35 bits per heavy atom. The number of carbonyl (C=O) groups is 1. The molecule has 2 aliphatic rings. The topological polar surface area (TPSA) is 32.3 Å². The third kappa shape index (κ3) is 2.58. The molecule has 1 heterocycles. The van der Waals surface area contributed by atoms with Gasteiger partial charge in [0.25, 0.3) is 0 Å². The lowest BCUT2D eigenvalue weighted by Gasteiger charge is -2.39. The number of nitrogens with zero attached hydrogens (tertiary/aromatic N) is 1. The lowest BCUT2D eigenvalue weighted by atomic mass is 9.65. The van der Waals surface area contributed by atoms with Gasteiger partial charge in [-0.15, -0.1) is 0 Å². The van der Waals surface area contributed by atoms with E-state index >= 15 is 0 Å². The van der Waals surface area contributed by atoms with Crippen LogP contribution in [-0.2, 0) is 0 Å². The smallest absolute Gasteiger partial charge is 0.317 e. The monoisotopic (exact) mass is 238 g/mol. The van der Waals surface area contributed by atoms with Crippen molar-refractivity contribution in [3.05, 3.63) is 0 Å². The number of carbonyl (C=O) groups excluding carboxylic acids is 1. The second-order valence-corrected chi connectivity index (χ2v) is 7.07. The van der Waals surface area contributed by atoms with Crippen molar-refractivity contribution in [1.29, 1.82) is 0 Å². The fourth-order valence-electron chi connectivity index (χ4n) is 4.03. The van der Waals surface area contributed by atoms with Crippen molar-refractivity contribution in [3.8, 4) is 0 Å². The Balaban J connectivity index is 2.05. The Bertz CT molecular complexity index is 313. The highest BCUT2D eigenvalue weighted by Crippen LogP contribution is 2.52. The molecule has 2 unspecified atom stereocenters. The van der Waals surface area contributed by atoms with Gasteiger partial charge in [0, 0.05) is 19.1 Å². The first-order chi connectivity index (χ1) is 7.85. The fraction of sp³-hybridized carbons (Fsp3) is 0.929. The normalized spacial score (nSPS) is 34.8. The van der Waals surface area contributed by atoms with E-state index in [4.69, 9.17) is 0 Å². The highest BCUT2D eigenvalue weighted by molar-refractivity contribution is 5.75. The van der Waals surface area contributed by atoms with Gasteiger partial charge >= 0.3 is 6.03 Å². The predicted octanol–water partition coefficient (Wildman–Crippen LogP) is 3.01. The molecule has 0 aromatic rings. The lowest BCUT2D eigenvalue weighted by molar-refractivity contribution is 0.129. The van der Waals surface area contributed by atoms with Gasteiger partial charge in [-0.2, -0.15) is 0 Å². The quantitative estimate of drug-likeness (QED) is 0.788. The number of hydrogen-bond acceptors (Lipinski definition) is 1. The number of hydrogen-bond donors (Lipinski definition) is 1. The van der Waals surface area contributed by atoms with Crippen LogP contribution in [0.15, 0.2) is 0 Å². The summed E-state index contributed by atoms with van der Waals surface area (Å²) in [5.74, 6) is 0. The van der Waals surface area contributed by atoms with Crippen LogP contribution < -0.4 is 5.32 Å². The molecule has 2 amide bonds. The van der Waals surface area contributed by atoms with E-state index in [1.54, 1.807) is 0 Å². The summed E-state index contributed by atoms with van der Waals surface area (Å²) in [4.78, 5) is 14.2. The maximum absolute atomic E-state index is 12.1. The molecule has 1 aliphatic carbocycles. The maximum atomic E-state index is 12.1. The molecule has 2 bridgehead atoms. The third-order valence-electron chi connectivity index (χ3n) is 4.20. The second-order valence-electron chi connectivity index (χ2n) is 7.07. The van der Waals surface area contributed by atoms with Crippen molar-refractivity contribution < 1.29 is 4.79 Å². The highest BCUT2D eigenvalue weighted by Gasteiger charge is 2.50. The number of rotatable bonds is 2. The van der Waals surface area contributed by atoms with Crippen molar-refractivity contribution in [3.63, 3.8) is 0 Å². The van der Waals surface area contributed by atoms with E-state index in [9.17, 15) is 4.79 Å². The molecular weight excluding hydrogens is 212 g/mol. The van der Waals surface area contributed by atoms with E-state index in [-0.39, 0.29) is 6.03 Å². The van der Waals surface area contributed by atoms with E-state index in [2.05, 4.69) is 37.9 Å². The van der Waals surface area contributed by atoms with E-state index in [0.717, 1.165) is 25.9 Å². The maximum Gasteiger partial charge on any atom is 0.317 e. The Hall–Kier alpha value is -0.730. The molecule has 1 aliphatic heterocycles. The number of fused-ring (bicyclic) bond motifs is 2. The summed E-state index contributed by atoms with van der Waals surface area (Å²) in [6.45, 7) is 10.8. The fourth-order valence-corrected chi connectivity index (χ4v) is 4.03. The van der Waals surface area contributed by atoms with Crippen LogP contribution in [0.1, 0.15) is 53.4 Å². The largest absolute Gasteiger partial charge is 0.338 e. The van der Waals surface area contributed by atoms with Crippen LogP contribution in [0.3, 0.4) is 0 Å². The van der Waals surface area contributed by atoms with Crippen LogP contribution in [0.25, 0.3) is 0 Å². The summed E-state index contributed by atoms with van der Waals surface area (Å²) in [6.07, 6.45) is 4.60. The van der Waals surface area contributed by atoms with Gasteiger partial charge in [0.05, 0.1) is 0 Å². The zero-order valence-electron chi connectivity index (χ0n) is 11.7. The van der Waals surface area contributed by atoms with Crippen LogP contribution >= 0.6 is 0 Å². The molecule has 1 saturated heterocycles. The van der Waals surface area contributed by atoms with Gasteiger partial charge in [-0.25, -0.2) is 4.79 Å². The predicted molar refractivity (Wildman–Crippen MR) is 69.9 cm³/mol. The minimum absolute atomic E-state index is 0.151. The highest BCUT2D eigenvalue weighted by atomic mass is 16.2. The first kappa shape index (κ1) is 12.7. The SMILES string of the molecule is CCCNC(=O)N1CC2(C)CC1CC(C)(C)C2. The molecule has 2 atom stereocenters. The summed E-state index contributed by atoms with van der Waals surface area (Å²) in [6, 6.07) is 0.610. The summed E-state index contributed by atoms with van der Waals surface area (Å²) >= 11 is 0. The van der Waals surface area contributed by atoms with Crippen molar-refractivity contribution in [2.24, 2.45) is 10.8 Å².